The van der Waals surface area contributed by atoms with Crippen molar-refractivity contribution in [3.05, 3.63) is 83.9 Å². The smallest absolute Gasteiger partial charge is 0.255 e. The van der Waals surface area contributed by atoms with Gasteiger partial charge in [0.05, 0.1) is 12.4 Å². The fourth-order valence-corrected chi connectivity index (χ4v) is 3.99. The Morgan fingerprint density at radius 2 is 1.56 bits per heavy atom. The predicted octanol–water partition coefficient (Wildman–Crippen LogP) is 6.19. The van der Waals surface area contributed by atoms with Crippen molar-refractivity contribution in [2.75, 3.05) is 17.7 Å². The van der Waals surface area contributed by atoms with E-state index in [0.29, 0.717) is 22.9 Å². The van der Waals surface area contributed by atoms with Crippen molar-refractivity contribution >= 4 is 35.0 Å². The van der Waals surface area contributed by atoms with Crippen molar-refractivity contribution < 1.29 is 14.3 Å². The number of hydrogen-bond donors (Lipinski definition) is 2. The number of anilines is 2. The van der Waals surface area contributed by atoms with E-state index >= 15 is 0 Å². The lowest BCUT2D eigenvalue weighted by atomic mass is 10.0. The van der Waals surface area contributed by atoms with Crippen molar-refractivity contribution in [1.29, 1.82) is 0 Å². The first-order valence-corrected chi connectivity index (χ1v) is 11.4. The molecule has 2 N–H and O–H groups in total. The number of benzene rings is 3. The minimum Gasteiger partial charge on any atom is -0.497 e. The SMILES string of the molecule is COc1cccc(C(=O)Nc2cccc(SC(C)C(=O)Nc3ccc(C(C)C)cc3)c2)c1. The van der Waals surface area contributed by atoms with Crippen molar-refractivity contribution in [3.63, 3.8) is 0 Å². The minimum absolute atomic E-state index is 0.0712. The van der Waals surface area contributed by atoms with Crippen LogP contribution in [-0.2, 0) is 4.79 Å². The number of amides is 2. The molecule has 0 saturated carbocycles. The summed E-state index contributed by atoms with van der Waals surface area (Å²) in [4.78, 5) is 26.1. The maximum atomic E-state index is 12.6. The molecule has 0 spiro atoms. The van der Waals surface area contributed by atoms with Gasteiger partial charge in [-0.05, 0) is 66.9 Å². The van der Waals surface area contributed by atoms with Gasteiger partial charge >= 0.3 is 0 Å². The van der Waals surface area contributed by atoms with Crippen LogP contribution < -0.4 is 15.4 Å². The summed E-state index contributed by atoms with van der Waals surface area (Å²) >= 11 is 1.44. The number of nitrogens with one attached hydrogen (secondary N) is 2. The molecule has 1 atom stereocenters. The first-order chi connectivity index (χ1) is 15.4. The summed E-state index contributed by atoms with van der Waals surface area (Å²) in [5.74, 6) is 0.784. The van der Waals surface area contributed by atoms with Crippen LogP contribution in [0.15, 0.2) is 77.7 Å². The standard InChI is InChI=1S/C26H28N2O3S/c1-17(2)19-11-13-21(14-12-19)27-25(29)18(3)32-24-10-6-8-22(16-24)28-26(30)20-7-5-9-23(15-20)31-4/h5-18H,1-4H3,(H,27,29)(H,28,30). The van der Waals surface area contributed by atoms with Crippen LogP contribution in [-0.4, -0.2) is 24.2 Å². The summed E-state index contributed by atoms with van der Waals surface area (Å²) in [6.45, 7) is 6.14. The topological polar surface area (TPSA) is 67.4 Å². The van der Waals surface area contributed by atoms with Crippen LogP contribution in [0.25, 0.3) is 0 Å². The van der Waals surface area contributed by atoms with Crippen LogP contribution in [0.3, 0.4) is 0 Å². The van der Waals surface area contributed by atoms with Gasteiger partial charge in [-0.2, -0.15) is 0 Å². The average Bonchev–Trinajstić information content (AvgIpc) is 2.79. The molecule has 5 nitrogen and oxygen atoms in total. The van der Waals surface area contributed by atoms with E-state index in [1.54, 1.807) is 31.4 Å². The van der Waals surface area contributed by atoms with Crippen LogP contribution in [0.1, 0.15) is 42.6 Å². The molecule has 0 aliphatic rings. The quantitative estimate of drug-likeness (QED) is 0.403. The third-order valence-electron chi connectivity index (χ3n) is 4.95. The number of ether oxygens (including phenoxy) is 1. The Morgan fingerprint density at radius 1 is 0.844 bits per heavy atom. The summed E-state index contributed by atoms with van der Waals surface area (Å²) in [6, 6.07) is 22.4. The van der Waals surface area contributed by atoms with Gasteiger partial charge < -0.3 is 15.4 Å². The van der Waals surface area contributed by atoms with E-state index < -0.39 is 0 Å². The fourth-order valence-electron chi connectivity index (χ4n) is 3.07. The van der Waals surface area contributed by atoms with Crippen LogP contribution in [0.5, 0.6) is 5.75 Å². The Kier molecular flexibility index (Phi) is 7.95. The zero-order valence-corrected chi connectivity index (χ0v) is 19.5. The van der Waals surface area contributed by atoms with E-state index in [9.17, 15) is 9.59 Å². The summed E-state index contributed by atoms with van der Waals surface area (Å²) in [5, 5.41) is 5.56. The molecular weight excluding hydrogens is 420 g/mol. The zero-order valence-electron chi connectivity index (χ0n) is 18.7. The third-order valence-corrected chi connectivity index (χ3v) is 6.04. The highest BCUT2D eigenvalue weighted by Gasteiger charge is 2.15. The lowest BCUT2D eigenvalue weighted by Gasteiger charge is -2.14. The summed E-state index contributed by atoms with van der Waals surface area (Å²) in [6.07, 6.45) is 0. The van der Waals surface area contributed by atoms with E-state index in [1.165, 1.54) is 17.3 Å². The first-order valence-electron chi connectivity index (χ1n) is 10.5. The number of hydrogen-bond acceptors (Lipinski definition) is 4. The lowest BCUT2D eigenvalue weighted by Crippen LogP contribution is -2.22. The Balaban J connectivity index is 1.60. The highest BCUT2D eigenvalue weighted by Crippen LogP contribution is 2.27. The lowest BCUT2D eigenvalue weighted by molar-refractivity contribution is -0.115. The number of rotatable bonds is 8. The fraction of sp³-hybridized carbons (Fsp3) is 0.231. The largest absolute Gasteiger partial charge is 0.497 e. The molecule has 0 heterocycles. The van der Waals surface area contributed by atoms with E-state index in [4.69, 9.17) is 4.74 Å². The molecule has 3 aromatic rings. The highest BCUT2D eigenvalue weighted by atomic mass is 32.2. The number of thioether (sulfide) groups is 1. The zero-order chi connectivity index (χ0) is 23.1. The molecule has 2 amide bonds. The van der Waals surface area contributed by atoms with Crippen molar-refractivity contribution in [1.82, 2.24) is 0 Å². The molecular formula is C26H28N2O3S. The Bertz CT molecular complexity index is 1080. The van der Waals surface area contributed by atoms with Crippen molar-refractivity contribution in [2.45, 2.75) is 36.8 Å². The first kappa shape index (κ1) is 23.4. The van der Waals surface area contributed by atoms with Crippen molar-refractivity contribution in [3.8, 4) is 5.75 Å². The van der Waals surface area contributed by atoms with Gasteiger partial charge in [-0.1, -0.05) is 38.1 Å². The Morgan fingerprint density at radius 3 is 2.25 bits per heavy atom. The van der Waals surface area contributed by atoms with Gasteiger partial charge in [-0.3, -0.25) is 9.59 Å². The molecule has 1 unspecified atom stereocenters. The van der Waals surface area contributed by atoms with Gasteiger partial charge in [0.25, 0.3) is 5.91 Å². The summed E-state index contributed by atoms with van der Waals surface area (Å²) in [7, 11) is 1.57. The van der Waals surface area contributed by atoms with Gasteiger partial charge in [-0.15, -0.1) is 11.8 Å². The molecule has 0 bridgehead atoms. The molecule has 0 saturated heterocycles. The second-order valence-corrected chi connectivity index (χ2v) is 9.15. The molecule has 0 aliphatic carbocycles. The third kappa shape index (κ3) is 6.37. The summed E-state index contributed by atoms with van der Waals surface area (Å²) < 4.78 is 5.18. The van der Waals surface area contributed by atoms with Crippen LogP contribution in [0.2, 0.25) is 0 Å². The van der Waals surface area contributed by atoms with E-state index in [-0.39, 0.29) is 17.1 Å². The molecule has 32 heavy (non-hydrogen) atoms. The van der Waals surface area contributed by atoms with Crippen LogP contribution in [0.4, 0.5) is 11.4 Å². The molecule has 0 aromatic heterocycles. The van der Waals surface area contributed by atoms with E-state index in [0.717, 1.165) is 10.6 Å². The predicted molar refractivity (Wildman–Crippen MR) is 132 cm³/mol. The molecule has 0 aliphatic heterocycles. The molecule has 3 rings (SSSR count). The van der Waals surface area contributed by atoms with Crippen LogP contribution in [0, 0.1) is 0 Å². The van der Waals surface area contributed by atoms with E-state index in [1.807, 2.05) is 55.5 Å². The van der Waals surface area contributed by atoms with Gasteiger partial charge in [0.1, 0.15) is 5.75 Å². The number of carbonyl (C=O) groups excluding carboxylic acids is 2. The highest BCUT2D eigenvalue weighted by molar-refractivity contribution is 8.00. The average molecular weight is 449 g/mol. The molecule has 0 fully saturated rings. The maximum Gasteiger partial charge on any atom is 0.255 e. The molecule has 0 radical (unpaired) electrons. The number of methoxy groups -OCH3 is 1. The van der Waals surface area contributed by atoms with Gasteiger partial charge in [0.15, 0.2) is 0 Å². The van der Waals surface area contributed by atoms with E-state index in [2.05, 4.69) is 24.5 Å². The van der Waals surface area contributed by atoms with Crippen molar-refractivity contribution in [2.24, 2.45) is 0 Å². The second-order valence-electron chi connectivity index (χ2n) is 7.74. The maximum absolute atomic E-state index is 12.6. The summed E-state index contributed by atoms with van der Waals surface area (Å²) in [5.41, 5.74) is 3.20. The van der Waals surface area contributed by atoms with Crippen LogP contribution >= 0.6 is 11.8 Å². The van der Waals surface area contributed by atoms with Gasteiger partial charge in [-0.25, -0.2) is 0 Å². The van der Waals surface area contributed by atoms with Gasteiger partial charge in [0.2, 0.25) is 5.91 Å². The Hall–Kier alpha value is -3.25. The molecule has 166 valence electrons. The Labute approximate surface area is 193 Å². The minimum atomic E-state index is -0.302. The van der Waals surface area contributed by atoms with Gasteiger partial charge in [0, 0.05) is 21.8 Å². The molecule has 3 aromatic carbocycles. The normalized spacial score (nSPS) is 11.7. The molecule has 6 heteroatoms. The monoisotopic (exact) mass is 448 g/mol. The number of carbonyl (C=O) groups is 2. The second kappa shape index (κ2) is 10.9.